The van der Waals surface area contributed by atoms with Crippen molar-refractivity contribution in [3.05, 3.63) is 35.9 Å². The van der Waals surface area contributed by atoms with Crippen LogP contribution in [0.2, 0.25) is 0 Å². The van der Waals surface area contributed by atoms with Crippen LogP contribution in [0, 0.1) is 0 Å². The van der Waals surface area contributed by atoms with Gasteiger partial charge in [0.15, 0.2) is 0 Å². The van der Waals surface area contributed by atoms with Gasteiger partial charge in [-0.3, -0.25) is 4.55 Å². The normalized spacial score (nSPS) is 13.3. The Bertz CT molecular complexity index is 464. The molecule has 0 radical (unpaired) electrons. The van der Waals surface area contributed by atoms with Crippen LogP contribution in [0.3, 0.4) is 0 Å². The number of benzene rings is 1. The molecule has 0 heterocycles. The molecule has 0 spiro atoms. The number of aliphatic hydroxyl groups excluding tert-OH is 1. The second-order valence-electron chi connectivity index (χ2n) is 4.11. The van der Waals surface area contributed by atoms with Gasteiger partial charge in [-0.2, -0.15) is 8.42 Å². The molecule has 3 N–H and O–H groups in total. The van der Waals surface area contributed by atoms with Crippen LogP contribution in [0.25, 0.3) is 0 Å². The average molecular weight is 305 g/mol. The number of ether oxygens (including phenoxy) is 1. The number of aliphatic hydroxyl groups is 1. The highest BCUT2D eigenvalue weighted by Gasteiger charge is 2.06. The largest absolute Gasteiger partial charge is 0.397 e. The van der Waals surface area contributed by atoms with E-state index in [4.69, 9.17) is 9.29 Å². The van der Waals surface area contributed by atoms with Crippen molar-refractivity contribution >= 4 is 10.4 Å². The highest BCUT2D eigenvalue weighted by Crippen LogP contribution is 2.00. The zero-order valence-electron chi connectivity index (χ0n) is 10.9. The van der Waals surface area contributed by atoms with Crippen LogP contribution < -0.4 is 5.32 Å². The van der Waals surface area contributed by atoms with Crippen molar-refractivity contribution in [1.82, 2.24) is 5.32 Å². The van der Waals surface area contributed by atoms with E-state index in [0.29, 0.717) is 6.61 Å². The second-order valence-corrected chi connectivity index (χ2v) is 5.20. The molecule has 0 bridgehead atoms. The molecule has 8 heteroatoms. The van der Waals surface area contributed by atoms with Gasteiger partial charge in [-0.1, -0.05) is 30.3 Å². The highest BCUT2D eigenvalue weighted by atomic mass is 32.3. The molecule has 0 aliphatic heterocycles. The molecular formula is C12H19NO6S. The summed E-state index contributed by atoms with van der Waals surface area (Å²) in [5.74, 6) is 0. The molecule has 7 nitrogen and oxygen atoms in total. The summed E-state index contributed by atoms with van der Waals surface area (Å²) in [5, 5.41) is 12.4. The Morgan fingerprint density at radius 2 is 1.95 bits per heavy atom. The first-order valence-electron chi connectivity index (χ1n) is 6.09. The molecule has 0 amide bonds. The molecule has 0 aromatic heterocycles. The Morgan fingerprint density at radius 3 is 2.60 bits per heavy atom. The molecule has 1 aromatic rings. The third kappa shape index (κ3) is 8.97. The Balaban J connectivity index is 2.02. The average Bonchev–Trinajstić information content (AvgIpc) is 2.38. The molecule has 1 atom stereocenters. The quantitative estimate of drug-likeness (QED) is 0.412. The molecule has 0 saturated carbocycles. The number of rotatable bonds is 10. The van der Waals surface area contributed by atoms with Crippen LogP contribution in [-0.4, -0.2) is 50.5 Å². The van der Waals surface area contributed by atoms with Crippen molar-refractivity contribution in [3.8, 4) is 0 Å². The predicted molar refractivity (Wildman–Crippen MR) is 72.5 cm³/mol. The first kappa shape index (κ1) is 17.0. The van der Waals surface area contributed by atoms with Gasteiger partial charge in [0, 0.05) is 13.1 Å². The van der Waals surface area contributed by atoms with E-state index in [0.717, 1.165) is 5.56 Å². The molecule has 1 aromatic carbocycles. The van der Waals surface area contributed by atoms with Gasteiger partial charge in [0.25, 0.3) is 0 Å². The zero-order chi connectivity index (χ0) is 14.8. The standard InChI is InChI=1S/C12H19NO6S/c14-12(8-13-6-7-19-20(15,16)17)10-18-9-11-4-2-1-3-5-11/h1-5,12-14H,6-10H2,(H,15,16,17). The lowest BCUT2D eigenvalue weighted by Crippen LogP contribution is -2.32. The molecule has 1 rings (SSSR count). The minimum atomic E-state index is -4.40. The van der Waals surface area contributed by atoms with E-state index in [-0.39, 0.29) is 26.3 Å². The van der Waals surface area contributed by atoms with Crippen LogP contribution >= 0.6 is 0 Å². The summed E-state index contributed by atoms with van der Waals surface area (Å²) in [6.45, 7) is 0.820. The summed E-state index contributed by atoms with van der Waals surface area (Å²) in [6.07, 6.45) is -0.704. The third-order valence-electron chi connectivity index (χ3n) is 2.31. The first-order chi connectivity index (χ1) is 9.47. The van der Waals surface area contributed by atoms with Crippen molar-refractivity contribution in [2.45, 2.75) is 12.7 Å². The van der Waals surface area contributed by atoms with E-state index in [2.05, 4.69) is 9.50 Å². The SMILES string of the molecule is O=S(=O)(O)OCCNCC(O)COCc1ccccc1. The van der Waals surface area contributed by atoms with Gasteiger partial charge in [-0.05, 0) is 5.56 Å². The van der Waals surface area contributed by atoms with E-state index in [9.17, 15) is 13.5 Å². The van der Waals surface area contributed by atoms with Crippen LogP contribution in [0.4, 0.5) is 0 Å². The Morgan fingerprint density at radius 1 is 1.25 bits per heavy atom. The maximum absolute atomic E-state index is 10.2. The summed E-state index contributed by atoms with van der Waals surface area (Å²) in [6, 6.07) is 9.59. The van der Waals surface area contributed by atoms with Gasteiger partial charge in [-0.15, -0.1) is 0 Å². The fraction of sp³-hybridized carbons (Fsp3) is 0.500. The number of hydrogen-bond acceptors (Lipinski definition) is 6. The molecule has 0 fully saturated rings. The maximum atomic E-state index is 10.2. The summed E-state index contributed by atoms with van der Waals surface area (Å²) in [7, 11) is -4.40. The van der Waals surface area contributed by atoms with E-state index >= 15 is 0 Å². The van der Waals surface area contributed by atoms with E-state index in [1.165, 1.54) is 0 Å². The van der Waals surface area contributed by atoms with E-state index in [1.807, 2.05) is 30.3 Å². The van der Waals surface area contributed by atoms with Gasteiger partial charge in [0.1, 0.15) is 0 Å². The molecule has 0 aliphatic rings. The van der Waals surface area contributed by atoms with Gasteiger partial charge < -0.3 is 15.2 Å². The Kier molecular flexibility index (Phi) is 7.67. The van der Waals surface area contributed by atoms with Gasteiger partial charge in [0.2, 0.25) is 0 Å². The van der Waals surface area contributed by atoms with E-state index < -0.39 is 16.5 Å². The molecule has 0 saturated heterocycles. The molecule has 0 aliphatic carbocycles. The van der Waals surface area contributed by atoms with Gasteiger partial charge in [-0.25, -0.2) is 4.18 Å². The van der Waals surface area contributed by atoms with Crippen molar-refractivity contribution < 1.29 is 27.0 Å². The predicted octanol–water partition coefficient (Wildman–Crippen LogP) is -0.0269. The Labute approximate surface area is 118 Å². The number of nitrogens with one attached hydrogen (secondary N) is 1. The minimum Gasteiger partial charge on any atom is -0.389 e. The second kappa shape index (κ2) is 9.01. The molecule has 1 unspecified atom stereocenters. The maximum Gasteiger partial charge on any atom is 0.397 e. The molecular weight excluding hydrogens is 286 g/mol. The van der Waals surface area contributed by atoms with Crippen LogP contribution in [0.1, 0.15) is 5.56 Å². The van der Waals surface area contributed by atoms with Gasteiger partial charge in [0.05, 0.1) is 25.9 Å². The lowest BCUT2D eigenvalue weighted by Gasteiger charge is -2.12. The first-order valence-corrected chi connectivity index (χ1v) is 7.46. The third-order valence-corrected chi connectivity index (χ3v) is 2.78. The monoisotopic (exact) mass is 305 g/mol. The fourth-order valence-electron chi connectivity index (χ4n) is 1.43. The van der Waals surface area contributed by atoms with Crippen LogP contribution in [0.5, 0.6) is 0 Å². The lowest BCUT2D eigenvalue weighted by molar-refractivity contribution is 0.0286. The zero-order valence-corrected chi connectivity index (χ0v) is 11.8. The van der Waals surface area contributed by atoms with Crippen molar-refractivity contribution in [2.24, 2.45) is 0 Å². The van der Waals surface area contributed by atoms with Crippen LogP contribution in [-0.2, 0) is 25.9 Å². The summed E-state index contributed by atoms with van der Waals surface area (Å²) in [5.41, 5.74) is 1.02. The smallest absolute Gasteiger partial charge is 0.389 e. The highest BCUT2D eigenvalue weighted by molar-refractivity contribution is 7.80. The Hall–Kier alpha value is -1.03. The summed E-state index contributed by atoms with van der Waals surface area (Å²) < 4.78 is 38.2. The van der Waals surface area contributed by atoms with E-state index in [1.54, 1.807) is 0 Å². The summed E-state index contributed by atoms with van der Waals surface area (Å²) in [4.78, 5) is 0. The molecule has 20 heavy (non-hydrogen) atoms. The van der Waals surface area contributed by atoms with Gasteiger partial charge >= 0.3 is 10.4 Å². The minimum absolute atomic E-state index is 0.168. The summed E-state index contributed by atoms with van der Waals surface area (Å²) >= 11 is 0. The van der Waals surface area contributed by atoms with Crippen molar-refractivity contribution in [3.63, 3.8) is 0 Å². The van der Waals surface area contributed by atoms with Crippen LogP contribution in [0.15, 0.2) is 30.3 Å². The van der Waals surface area contributed by atoms with Crippen molar-refractivity contribution in [1.29, 1.82) is 0 Å². The lowest BCUT2D eigenvalue weighted by atomic mass is 10.2. The topological polar surface area (TPSA) is 105 Å². The molecule has 114 valence electrons. The van der Waals surface area contributed by atoms with Crippen molar-refractivity contribution in [2.75, 3.05) is 26.3 Å². The number of hydrogen-bond donors (Lipinski definition) is 3. The fourth-order valence-corrected chi connectivity index (χ4v) is 1.73.